The molecule has 0 saturated carbocycles. The third kappa shape index (κ3) is 2.46. The van der Waals surface area contributed by atoms with Crippen molar-refractivity contribution in [1.82, 2.24) is 14.5 Å². The standard InChI is InChI=1S/C16H13N5O4/c1-7-3-9-10(20-15(23)14(22)19-9)4-11(7)21-6-8(5-17)12(18)13(21)16(24)25-2/h3-4,6H,18H2,1-2H3,(H,19,22)(H,20,23). The summed E-state index contributed by atoms with van der Waals surface area (Å²) >= 11 is 0. The van der Waals surface area contributed by atoms with Crippen molar-refractivity contribution in [3.8, 4) is 11.8 Å². The highest BCUT2D eigenvalue weighted by Gasteiger charge is 2.22. The molecule has 0 aliphatic carbocycles. The Balaban J connectivity index is 2.37. The number of nitrogen functional groups attached to an aromatic ring is 1. The minimum absolute atomic E-state index is 0.00353. The van der Waals surface area contributed by atoms with E-state index >= 15 is 0 Å². The number of aryl methyl sites for hydroxylation is 1. The monoisotopic (exact) mass is 339 g/mol. The quantitative estimate of drug-likeness (QED) is 0.459. The Morgan fingerprint density at radius 1 is 1.24 bits per heavy atom. The van der Waals surface area contributed by atoms with Crippen LogP contribution < -0.4 is 16.9 Å². The number of nitrogens with one attached hydrogen (secondary N) is 2. The number of ether oxygens (including phenoxy) is 1. The van der Waals surface area contributed by atoms with Crippen molar-refractivity contribution in [3.63, 3.8) is 0 Å². The molecule has 0 spiro atoms. The minimum Gasteiger partial charge on any atom is -0.464 e. The topological polar surface area (TPSA) is 147 Å². The molecule has 0 amide bonds. The van der Waals surface area contributed by atoms with Gasteiger partial charge in [0.1, 0.15) is 6.07 Å². The van der Waals surface area contributed by atoms with Gasteiger partial charge in [-0.25, -0.2) is 4.79 Å². The van der Waals surface area contributed by atoms with E-state index in [1.54, 1.807) is 19.1 Å². The Morgan fingerprint density at radius 2 is 1.84 bits per heavy atom. The van der Waals surface area contributed by atoms with Gasteiger partial charge in [0.05, 0.1) is 35.1 Å². The Morgan fingerprint density at radius 3 is 2.40 bits per heavy atom. The van der Waals surface area contributed by atoms with Gasteiger partial charge in [-0.15, -0.1) is 0 Å². The summed E-state index contributed by atoms with van der Waals surface area (Å²) in [5.74, 6) is -0.701. The number of benzene rings is 1. The highest BCUT2D eigenvalue weighted by molar-refractivity contribution is 5.96. The molecule has 2 heterocycles. The molecule has 0 aliphatic rings. The number of esters is 1. The number of methoxy groups -OCH3 is 1. The maximum Gasteiger partial charge on any atom is 0.357 e. The number of rotatable bonds is 2. The molecule has 3 rings (SSSR count). The number of carbonyl (C=O) groups excluding carboxylic acids is 1. The Kier molecular flexibility index (Phi) is 3.65. The molecular formula is C16H13N5O4. The van der Waals surface area contributed by atoms with Gasteiger partial charge in [-0.05, 0) is 24.6 Å². The van der Waals surface area contributed by atoms with Crippen molar-refractivity contribution >= 4 is 22.7 Å². The van der Waals surface area contributed by atoms with Crippen molar-refractivity contribution in [2.24, 2.45) is 0 Å². The van der Waals surface area contributed by atoms with Crippen LogP contribution in [0.4, 0.5) is 5.69 Å². The smallest absolute Gasteiger partial charge is 0.357 e. The van der Waals surface area contributed by atoms with Gasteiger partial charge in [0.25, 0.3) is 0 Å². The van der Waals surface area contributed by atoms with Gasteiger partial charge >= 0.3 is 17.1 Å². The number of fused-ring (bicyclic) bond motifs is 1. The van der Waals surface area contributed by atoms with Crippen molar-refractivity contribution in [2.75, 3.05) is 12.8 Å². The van der Waals surface area contributed by atoms with Crippen LogP contribution in [0.15, 0.2) is 27.9 Å². The largest absolute Gasteiger partial charge is 0.464 e. The van der Waals surface area contributed by atoms with E-state index in [-0.39, 0.29) is 16.9 Å². The fourth-order valence-electron chi connectivity index (χ4n) is 2.63. The number of nitrogens with zero attached hydrogens (tertiary/aromatic N) is 2. The number of anilines is 1. The van der Waals surface area contributed by atoms with E-state index in [1.807, 2.05) is 6.07 Å². The van der Waals surface area contributed by atoms with E-state index < -0.39 is 17.1 Å². The summed E-state index contributed by atoms with van der Waals surface area (Å²) in [6.45, 7) is 1.75. The third-order valence-electron chi connectivity index (χ3n) is 3.84. The number of aromatic nitrogens is 3. The molecule has 0 aliphatic heterocycles. The normalized spacial score (nSPS) is 10.6. The van der Waals surface area contributed by atoms with Gasteiger partial charge in [-0.1, -0.05) is 0 Å². The lowest BCUT2D eigenvalue weighted by Crippen LogP contribution is -2.29. The van der Waals surface area contributed by atoms with Gasteiger partial charge in [0, 0.05) is 6.20 Å². The maximum absolute atomic E-state index is 12.1. The zero-order valence-corrected chi connectivity index (χ0v) is 13.3. The molecule has 9 nitrogen and oxygen atoms in total. The lowest BCUT2D eigenvalue weighted by Gasteiger charge is -2.12. The molecule has 126 valence electrons. The van der Waals surface area contributed by atoms with E-state index in [0.717, 1.165) is 0 Å². The first kappa shape index (κ1) is 16.1. The molecule has 4 N–H and O–H groups in total. The Bertz CT molecular complexity index is 1180. The lowest BCUT2D eigenvalue weighted by atomic mass is 10.1. The molecule has 1 aromatic carbocycles. The molecule has 0 bridgehead atoms. The van der Waals surface area contributed by atoms with Gasteiger partial charge in [0.15, 0.2) is 5.69 Å². The number of nitrogens with two attached hydrogens (primary N) is 1. The molecule has 3 aromatic rings. The second-order valence-corrected chi connectivity index (χ2v) is 5.37. The molecule has 2 aromatic heterocycles. The molecule has 0 fully saturated rings. The fraction of sp³-hybridized carbons (Fsp3) is 0.125. The highest BCUT2D eigenvalue weighted by Crippen LogP contribution is 2.27. The number of nitriles is 1. The number of carbonyl (C=O) groups is 1. The molecule has 0 radical (unpaired) electrons. The second-order valence-electron chi connectivity index (χ2n) is 5.37. The Hall–Kier alpha value is -3.80. The van der Waals surface area contributed by atoms with Gasteiger partial charge in [0.2, 0.25) is 0 Å². The average Bonchev–Trinajstić information content (AvgIpc) is 2.91. The minimum atomic E-state index is -0.791. The summed E-state index contributed by atoms with van der Waals surface area (Å²) in [4.78, 5) is 40.0. The van der Waals surface area contributed by atoms with Crippen molar-refractivity contribution in [2.45, 2.75) is 6.92 Å². The summed E-state index contributed by atoms with van der Waals surface area (Å²) in [6.07, 6.45) is 1.42. The van der Waals surface area contributed by atoms with Crippen LogP contribution in [0, 0.1) is 18.3 Å². The molecule has 9 heteroatoms. The fourth-order valence-corrected chi connectivity index (χ4v) is 2.63. The molecule has 0 atom stereocenters. The first-order valence-corrected chi connectivity index (χ1v) is 7.14. The SMILES string of the molecule is COC(=O)c1c(N)c(C#N)cn1-c1cc2[nH]c(=O)c(=O)[nH]c2cc1C. The highest BCUT2D eigenvalue weighted by atomic mass is 16.5. The third-order valence-corrected chi connectivity index (χ3v) is 3.84. The summed E-state index contributed by atoms with van der Waals surface area (Å²) in [6, 6.07) is 5.14. The number of aromatic amines is 2. The summed E-state index contributed by atoms with van der Waals surface area (Å²) in [7, 11) is 1.21. The van der Waals surface area contributed by atoms with Crippen LogP contribution >= 0.6 is 0 Å². The van der Waals surface area contributed by atoms with E-state index in [1.165, 1.54) is 17.9 Å². The van der Waals surface area contributed by atoms with Crippen LogP contribution in [0.2, 0.25) is 0 Å². The van der Waals surface area contributed by atoms with E-state index in [9.17, 15) is 19.6 Å². The second kappa shape index (κ2) is 5.68. The zero-order valence-electron chi connectivity index (χ0n) is 13.3. The van der Waals surface area contributed by atoms with Crippen LogP contribution in [0.3, 0.4) is 0 Å². The lowest BCUT2D eigenvalue weighted by molar-refractivity contribution is 0.0593. The summed E-state index contributed by atoms with van der Waals surface area (Å²) < 4.78 is 6.17. The number of H-pyrrole nitrogens is 2. The molecule has 0 unspecified atom stereocenters. The van der Waals surface area contributed by atoms with Crippen molar-refractivity contribution in [1.29, 1.82) is 5.26 Å². The summed E-state index contributed by atoms with van der Waals surface area (Å²) in [5.41, 5.74) is 6.46. The van der Waals surface area contributed by atoms with Gasteiger partial charge in [-0.3, -0.25) is 9.59 Å². The predicted molar refractivity (Wildman–Crippen MR) is 89.7 cm³/mol. The summed E-state index contributed by atoms with van der Waals surface area (Å²) in [5, 5.41) is 9.18. The number of hydrogen-bond donors (Lipinski definition) is 3. The molecular weight excluding hydrogens is 326 g/mol. The van der Waals surface area contributed by atoms with Crippen LogP contribution in [-0.2, 0) is 4.74 Å². The average molecular weight is 339 g/mol. The van der Waals surface area contributed by atoms with E-state index in [0.29, 0.717) is 22.3 Å². The van der Waals surface area contributed by atoms with E-state index in [2.05, 4.69) is 9.97 Å². The van der Waals surface area contributed by atoms with Crippen LogP contribution in [0.5, 0.6) is 0 Å². The van der Waals surface area contributed by atoms with Crippen molar-refractivity contribution < 1.29 is 9.53 Å². The molecule has 25 heavy (non-hydrogen) atoms. The van der Waals surface area contributed by atoms with Crippen LogP contribution in [0.25, 0.3) is 16.7 Å². The zero-order chi connectivity index (χ0) is 18.3. The van der Waals surface area contributed by atoms with E-state index in [4.69, 9.17) is 10.5 Å². The molecule has 0 saturated heterocycles. The van der Waals surface area contributed by atoms with Gasteiger partial charge in [-0.2, -0.15) is 5.26 Å². The van der Waals surface area contributed by atoms with Gasteiger partial charge < -0.3 is 25.0 Å². The Labute approximate surface area is 140 Å². The van der Waals surface area contributed by atoms with Crippen LogP contribution in [-0.4, -0.2) is 27.6 Å². The maximum atomic E-state index is 12.1. The van der Waals surface area contributed by atoms with Crippen molar-refractivity contribution in [3.05, 3.63) is 55.9 Å². The first-order valence-electron chi connectivity index (χ1n) is 7.14. The first-order chi connectivity index (χ1) is 11.9. The predicted octanol–water partition coefficient (Wildman–Crippen LogP) is 0.556. The van der Waals surface area contributed by atoms with Crippen LogP contribution in [0.1, 0.15) is 21.6 Å². The number of hydrogen-bond acceptors (Lipinski definition) is 6.